The molecule has 0 saturated carbocycles. The lowest BCUT2D eigenvalue weighted by atomic mass is 10.0. The maximum Gasteiger partial charge on any atom is 0.352 e. The zero-order valence-corrected chi connectivity index (χ0v) is 18.0. The fourth-order valence-electron chi connectivity index (χ4n) is 2.73. The quantitative estimate of drug-likeness (QED) is 0.449. The average Bonchev–Trinajstić information content (AvgIpc) is 3.09. The van der Waals surface area contributed by atoms with E-state index < -0.39 is 34.4 Å². The molecule has 1 fully saturated rings. The Morgan fingerprint density at radius 1 is 1.50 bits per heavy atom. The number of nitrogens with zero attached hydrogens (tertiary/aromatic N) is 4. The highest BCUT2D eigenvalue weighted by Crippen LogP contribution is 2.41. The lowest BCUT2D eigenvalue weighted by molar-refractivity contribution is -0.150. The van der Waals surface area contributed by atoms with Gasteiger partial charge in [0.2, 0.25) is 5.91 Å². The first-order valence-corrected chi connectivity index (χ1v) is 12.1. The number of hydrogen-bond donors (Lipinski definition) is 2. The molecule has 2 aliphatic heterocycles. The lowest BCUT2D eigenvalue weighted by Crippen LogP contribution is -2.71. The molecule has 3 heterocycles. The van der Waals surface area contributed by atoms with Crippen LogP contribution in [0, 0.1) is 18.3 Å². The number of β-lactam (4-membered cyclic amide) rings is 1. The number of aromatic nitrogens is 2. The number of hydrogen-bond acceptors (Lipinski definition) is 10. The number of nitrogens with one attached hydrogen (secondary N) is 1. The second-order valence-electron chi connectivity index (χ2n) is 5.77. The number of fused-ring (bicyclic) bond motifs is 1. The van der Waals surface area contributed by atoms with Crippen molar-refractivity contribution in [3.8, 4) is 6.07 Å². The minimum atomic E-state index is -1.17. The Bertz CT molecular complexity index is 895. The van der Waals surface area contributed by atoms with Gasteiger partial charge in [0.15, 0.2) is 9.59 Å². The first kappa shape index (κ1) is 21.0. The Balaban J connectivity index is 1.73. The molecule has 0 spiro atoms. The van der Waals surface area contributed by atoms with Crippen molar-refractivity contribution in [3.05, 3.63) is 16.3 Å². The number of rotatable bonds is 7. The molecule has 13 heteroatoms. The van der Waals surface area contributed by atoms with Gasteiger partial charge < -0.3 is 10.4 Å². The molecule has 9 nitrogen and oxygen atoms in total. The molecule has 0 aromatic carbocycles. The molecular weight excluding hydrogens is 442 g/mol. The summed E-state index contributed by atoms with van der Waals surface area (Å²) in [5.74, 6) is -1.37. The van der Waals surface area contributed by atoms with E-state index in [1.807, 2.05) is 13.0 Å². The summed E-state index contributed by atoms with van der Waals surface area (Å²) in [5, 5.41) is 28.6. The van der Waals surface area contributed by atoms with E-state index in [0.29, 0.717) is 17.1 Å². The van der Waals surface area contributed by atoms with E-state index in [2.05, 4.69) is 15.5 Å². The summed E-state index contributed by atoms with van der Waals surface area (Å²) in [6, 6.07) is 1.04. The fourth-order valence-corrected chi connectivity index (χ4v) is 6.42. The van der Waals surface area contributed by atoms with Crippen molar-refractivity contribution in [2.75, 3.05) is 17.8 Å². The molecule has 28 heavy (non-hydrogen) atoms. The molecule has 1 saturated heterocycles. The van der Waals surface area contributed by atoms with Crippen LogP contribution in [0.4, 0.5) is 0 Å². The van der Waals surface area contributed by atoms with Crippen LogP contribution in [0.15, 0.2) is 15.6 Å². The number of carbonyl (C=O) groups excluding carboxylic acids is 2. The second kappa shape index (κ2) is 8.73. The van der Waals surface area contributed by atoms with Gasteiger partial charge in [-0.25, -0.2) is 4.79 Å². The van der Waals surface area contributed by atoms with Gasteiger partial charge in [0.1, 0.15) is 22.1 Å². The van der Waals surface area contributed by atoms with Crippen LogP contribution in [0.25, 0.3) is 0 Å². The van der Waals surface area contributed by atoms with Crippen molar-refractivity contribution in [2.24, 2.45) is 0 Å². The summed E-state index contributed by atoms with van der Waals surface area (Å²) >= 11 is 5.28. The molecule has 3 atom stereocenters. The zero-order chi connectivity index (χ0) is 20.4. The van der Waals surface area contributed by atoms with Crippen LogP contribution >= 0.6 is 46.6 Å². The molecule has 0 radical (unpaired) electrons. The highest BCUT2D eigenvalue weighted by atomic mass is 32.2. The van der Waals surface area contributed by atoms with Crippen molar-refractivity contribution in [1.82, 2.24) is 20.4 Å². The minimum absolute atomic E-state index is 0.0327. The second-order valence-corrected chi connectivity index (χ2v) is 10.2. The van der Waals surface area contributed by atoms with Gasteiger partial charge in [0, 0.05) is 11.5 Å². The predicted molar refractivity (Wildman–Crippen MR) is 108 cm³/mol. The number of carboxylic acids is 1. The highest BCUT2D eigenvalue weighted by molar-refractivity contribution is 8.02. The third-order valence-corrected chi connectivity index (χ3v) is 8.20. The van der Waals surface area contributed by atoms with E-state index >= 15 is 0 Å². The Morgan fingerprint density at radius 3 is 2.82 bits per heavy atom. The third-order valence-electron chi connectivity index (χ3n) is 4.02. The first-order valence-electron chi connectivity index (χ1n) is 7.93. The summed E-state index contributed by atoms with van der Waals surface area (Å²) in [4.78, 5) is 37.7. The van der Waals surface area contributed by atoms with E-state index in [1.165, 1.54) is 39.8 Å². The Morgan fingerprint density at radius 2 is 2.25 bits per heavy atom. The van der Waals surface area contributed by atoms with Gasteiger partial charge in [0.05, 0.1) is 6.07 Å². The van der Waals surface area contributed by atoms with Gasteiger partial charge in [-0.15, -0.1) is 33.7 Å². The number of nitriles is 1. The molecule has 1 aromatic heterocycles. The van der Waals surface area contributed by atoms with Gasteiger partial charge in [-0.2, -0.15) is 5.26 Å². The van der Waals surface area contributed by atoms with Gasteiger partial charge in [-0.05, 0) is 18.8 Å². The number of aliphatic carboxylic acids is 1. The van der Waals surface area contributed by atoms with Crippen molar-refractivity contribution in [2.45, 2.75) is 27.9 Å². The summed E-state index contributed by atoms with van der Waals surface area (Å²) in [6.45, 7) is 1.84. The molecule has 148 valence electrons. The lowest BCUT2D eigenvalue weighted by Gasteiger charge is -2.49. The number of amides is 2. The number of aryl methyl sites for hydroxylation is 1. The summed E-state index contributed by atoms with van der Waals surface area (Å²) in [7, 11) is 0. The fraction of sp³-hybridized carbons (Fsp3) is 0.467. The highest BCUT2D eigenvalue weighted by Gasteiger charge is 2.54. The predicted octanol–water partition coefficient (Wildman–Crippen LogP) is 0.932. The SMILES string of the molecule is CSC(C#N)C(=O)NC1C(=O)N2C(C(=O)O)=C(CSc3nnc(C)s3)CS[C@@H]12. The van der Waals surface area contributed by atoms with Crippen LogP contribution in [0.5, 0.6) is 0 Å². The van der Waals surface area contributed by atoms with E-state index in [9.17, 15) is 19.5 Å². The van der Waals surface area contributed by atoms with E-state index in [0.717, 1.165) is 21.1 Å². The molecular formula is C15H15N5O4S4. The third kappa shape index (κ3) is 4.00. The molecule has 2 amide bonds. The van der Waals surface area contributed by atoms with Gasteiger partial charge in [0.25, 0.3) is 5.91 Å². The van der Waals surface area contributed by atoms with E-state index in [4.69, 9.17) is 5.26 Å². The molecule has 0 aliphatic carbocycles. The zero-order valence-electron chi connectivity index (χ0n) is 14.7. The maximum atomic E-state index is 12.6. The van der Waals surface area contributed by atoms with Gasteiger partial charge >= 0.3 is 5.97 Å². The standard InChI is InChI=1S/C15H15N5O4S4/c1-6-18-19-15(28-6)27-5-7-4-26-13-9(17-11(21)8(3-16)25-2)12(22)20(13)10(7)14(23)24/h8-9,13H,4-5H2,1-2H3,(H,17,21)(H,23,24)/t8?,9?,13-/m0/s1. The Labute approximate surface area is 177 Å². The largest absolute Gasteiger partial charge is 0.477 e. The first-order chi connectivity index (χ1) is 13.4. The molecule has 2 unspecified atom stereocenters. The average molecular weight is 458 g/mol. The monoisotopic (exact) mass is 457 g/mol. The molecule has 0 bridgehead atoms. The smallest absolute Gasteiger partial charge is 0.352 e. The van der Waals surface area contributed by atoms with Gasteiger partial charge in [-0.1, -0.05) is 23.1 Å². The summed E-state index contributed by atoms with van der Waals surface area (Å²) in [5.41, 5.74) is 0.596. The van der Waals surface area contributed by atoms with E-state index in [1.54, 1.807) is 6.26 Å². The van der Waals surface area contributed by atoms with Crippen molar-refractivity contribution < 1.29 is 19.5 Å². The maximum absolute atomic E-state index is 12.6. The summed E-state index contributed by atoms with van der Waals surface area (Å²) in [6.07, 6.45) is 1.63. The Kier molecular flexibility index (Phi) is 6.54. The van der Waals surface area contributed by atoms with Crippen LogP contribution in [-0.4, -0.2) is 72.4 Å². The van der Waals surface area contributed by atoms with Crippen LogP contribution in [0.3, 0.4) is 0 Å². The van der Waals surface area contributed by atoms with Crippen molar-refractivity contribution >= 4 is 64.4 Å². The summed E-state index contributed by atoms with van der Waals surface area (Å²) < 4.78 is 0.738. The van der Waals surface area contributed by atoms with Gasteiger partial charge in [-0.3, -0.25) is 14.5 Å². The van der Waals surface area contributed by atoms with Crippen molar-refractivity contribution in [1.29, 1.82) is 5.26 Å². The normalized spacial score (nSPS) is 22.2. The topological polar surface area (TPSA) is 136 Å². The molecule has 3 rings (SSSR count). The van der Waals surface area contributed by atoms with Crippen LogP contribution < -0.4 is 5.32 Å². The number of carboxylic acid groups (broad SMARTS) is 1. The molecule has 2 aliphatic rings. The number of thioether (sulfide) groups is 3. The Hall–Kier alpha value is -1.75. The minimum Gasteiger partial charge on any atom is -0.477 e. The van der Waals surface area contributed by atoms with Crippen LogP contribution in [0.1, 0.15) is 5.01 Å². The molecule has 1 aromatic rings. The van der Waals surface area contributed by atoms with Crippen LogP contribution in [-0.2, 0) is 14.4 Å². The number of carbonyl (C=O) groups is 3. The van der Waals surface area contributed by atoms with Crippen molar-refractivity contribution in [3.63, 3.8) is 0 Å². The van der Waals surface area contributed by atoms with Crippen LogP contribution in [0.2, 0.25) is 0 Å². The van der Waals surface area contributed by atoms with E-state index in [-0.39, 0.29) is 5.70 Å². The molecule has 2 N–H and O–H groups in total.